The van der Waals surface area contributed by atoms with Gasteiger partial charge in [0.25, 0.3) is 0 Å². The van der Waals surface area contributed by atoms with Crippen LogP contribution in [0.2, 0.25) is 0 Å². The van der Waals surface area contributed by atoms with Crippen LogP contribution in [0.25, 0.3) is 0 Å². The molecule has 0 spiro atoms. The highest BCUT2D eigenvalue weighted by atomic mass is 16.5. The van der Waals surface area contributed by atoms with Gasteiger partial charge in [-0.2, -0.15) is 0 Å². The van der Waals surface area contributed by atoms with Crippen molar-refractivity contribution in [2.45, 2.75) is 57.8 Å². The van der Waals surface area contributed by atoms with Crippen molar-refractivity contribution in [1.29, 1.82) is 0 Å². The van der Waals surface area contributed by atoms with Crippen molar-refractivity contribution >= 4 is 0 Å². The van der Waals surface area contributed by atoms with E-state index in [1.54, 1.807) is 0 Å². The number of rotatable bonds is 8. The lowest BCUT2D eigenvalue weighted by Crippen LogP contribution is -2.27. The number of hydrogen-bond donors (Lipinski definition) is 2. The van der Waals surface area contributed by atoms with E-state index in [0.717, 1.165) is 35.5 Å². The zero-order valence-electron chi connectivity index (χ0n) is 17.7. The van der Waals surface area contributed by atoms with Crippen molar-refractivity contribution < 1.29 is 19.7 Å². The summed E-state index contributed by atoms with van der Waals surface area (Å²) in [6, 6.07) is 13.1. The fourth-order valence-electron chi connectivity index (χ4n) is 4.61. The van der Waals surface area contributed by atoms with Gasteiger partial charge < -0.3 is 19.7 Å². The van der Waals surface area contributed by atoms with Gasteiger partial charge in [0, 0.05) is 5.41 Å². The maximum Gasteiger partial charge on any atom is 0.122 e. The summed E-state index contributed by atoms with van der Waals surface area (Å²) in [6.07, 6.45) is 7.30. The molecule has 0 saturated heterocycles. The number of ether oxygens (including phenoxy) is 2. The van der Waals surface area contributed by atoms with Gasteiger partial charge in [0.15, 0.2) is 0 Å². The molecule has 2 N–H and O–H groups in total. The Labute approximate surface area is 174 Å². The Morgan fingerprint density at radius 1 is 0.724 bits per heavy atom. The number of aryl methyl sites for hydroxylation is 2. The zero-order chi connectivity index (χ0) is 20.7. The lowest BCUT2D eigenvalue weighted by molar-refractivity contribution is 0.200. The molecule has 158 valence electrons. The summed E-state index contributed by atoms with van der Waals surface area (Å²) in [7, 11) is 0. The smallest absolute Gasteiger partial charge is 0.122 e. The second-order valence-corrected chi connectivity index (χ2v) is 8.10. The van der Waals surface area contributed by atoms with Gasteiger partial charge in [0.1, 0.15) is 24.7 Å². The fraction of sp³-hybridized carbons (Fsp3) is 0.520. The van der Waals surface area contributed by atoms with E-state index < -0.39 is 0 Å². The Kier molecular flexibility index (Phi) is 7.57. The standard InChI is InChI=1S/C25H34O4/c1-19-17-21(7-9-23(19)28-15-13-26)25(11-5-3-4-6-12-25)22-8-10-24(20(2)18-22)29-16-14-27/h7-10,17-18,26-27H,3-6,11-16H2,1-2H3. The van der Waals surface area contributed by atoms with Crippen LogP contribution in [0.3, 0.4) is 0 Å². The summed E-state index contributed by atoms with van der Waals surface area (Å²) in [5, 5.41) is 18.1. The molecule has 0 bridgehead atoms. The Morgan fingerprint density at radius 3 is 1.55 bits per heavy atom. The molecule has 4 heteroatoms. The Morgan fingerprint density at radius 2 is 1.17 bits per heavy atom. The first kappa shape index (κ1) is 21.7. The SMILES string of the molecule is Cc1cc(C2(c3ccc(OCCO)c(C)c3)CCCCCC2)ccc1OCCO. The molecule has 3 rings (SSSR count). The second-order valence-electron chi connectivity index (χ2n) is 8.10. The number of aliphatic hydroxyl groups excluding tert-OH is 2. The first-order valence-electron chi connectivity index (χ1n) is 10.8. The molecule has 2 aromatic rings. The average molecular weight is 399 g/mol. The van der Waals surface area contributed by atoms with E-state index in [0.29, 0.717) is 13.2 Å². The van der Waals surface area contributed by atoms with Crippen molar-refractivity contribution in [3.63, 3.8) is 0 Å². The Bertz CT molecular complexity index is 732. The largest absolute Gasteiger partial charge is 0.491 e. The van der Waals surface area contributed by atoms with E-state index in [-0.39, 0.29) is 18.6 Å². The van der Waals surface area contributed by atoms with E-state index in [4.69, 9.17) is 19.7 Å². The van der Waals surface area contributed by atoms with Crippen LogP contribution in [0.4, 0.5) is 0 Å². The van der Waals surface area contributed by atoms with Crippen molar-refractivity contribution in [2.24, 2.45) is 0 Å². The molecule has 0 aliphatic heterocycles. The maximum absolute atomic E-state index is 9.05. The van der Waals surface area contributed by atoms with Gasteiger partial charge >= 0.3 is 0 Å². The van der Waals surface area contributed by atoms with Gasteiger partial charge in [-0.1, -0.05) is 49.9 Å². The highest BCUT2D eigenvalue weighted by Crippen LogP contribution is 2.45. The molecule has 1 aliphatic rings. The third-order valence-electron chi connectivity index (χ3n) is 6.11. The van der Waals surface area contributed by atoms with Crippen LogP contribution in [0, 0.1) is 13.8 Å². The van der Waals surface area contributed by atoms with Crippen molar-refractivity contribution in [2.75, 3.05) is 26.4 Å². The number of benzene rings is 2. The van der Waals surface area contributed by atoms with Crippen LogP contribution in [0.1, 0.15) is 60.8 Å². The van der Waals surface area contributed by atoms with Crippen LogP contribution in [0.15, 0.2) is 36.4 Å². The van der Waals surface area contributed by atoms with E-state index >= 15 is 0 Å². The molecule has 0 heterocycles. The summed E-state index contributed by atoms with van der Waals surface area (Å²) in [6.45, 7) is 4.85. The van der Waals surface area contributed by atoms with Crippen molar-refractivity contribution in [3.8, 4) is 11.5 Å². The zero-order valence-corrected chi connectivity index (χ0v) is 17.7. The minimum atomic E-state index is -0.00294. The average Bonchev–Trinajstić information content (AvgIpc) is 2.99. The minimum absolute atomic E-state index is 0.00294. The molecule has 0 radical (unpaired) electrons. The summed E-state index contributed by atoms with van der Waals surface area (Å²) in [5.41, 5.74) is 4.91. The van der Waals surface area contributed by atoms with E-state index in [9.17, 15) is 0 Å². The molecule has 1 fully saturated rings. The van der Waals surface area contributed by atoms with Gasteiger partial charge in [-0.15, -0.1) is 0 Å². The Balaban J connectivity index is 2.00. The third-order valence-corrected chi connectivity index (χ3v) is 6.11. The summed E-state index contributed by atoms with van der Waals surface area (Å²) < 4.78 is 11.4. The third kappa shape index (κ3) is 4.93. The molecule has 0 unspecified atom stereocenters. The van der Waals surface area contributed by atoms with Crippen LogP contribution >= 0.6 is 0 Å². The van der Waals surface area contributed by atoms with Crippen LogP contribution in [0.5, 0.6) is 11.5 Å². The predicted molar refractivity (Wildman–Crippen MR) is 116 cm³/mol. The summed E-state index contributed by atoms with van der Waals surface area (Å²) in [5.74, 6) is 1.69. The molecule has 0 aromatic heterocycles. The van der Waals surface area contributed by atoms with Gasteiger partial charge in [-0.05, 0) is 61.1 Å². The van der Waals surface area contributed by atoms with Gasteiger partial charge in [0.05, 0.1) is 13.2 Å². The van der Waals surface area contributed by atoms with E-state index in [1.165, 1.54) is 36.8 Å². The second kappa shape index (κ2) is 10.1. The fourth-order valence-corrected chi connectivity index (χ4v) is 4.61. The number of aliphatic hydroxyl groups is 2. The summed E-state index contributed by atoms with van der Waals surface area (Å²) >= 11 is 0. The quantitative estimate of drug-likeness (QED) is 0.634. The summed E-state index contributed by atoms with van der Waals surface area (Å²) in [4.78, 5) is 0. The normalized spacial score (nSPS) is 16.3. The first-order valence-corrected chi connectivity index (χ1v) is 10.8. The molecular formula is C25H34O4. The van der Waals surface area contributed by atoms with Gasteiger partial charge in [-0.25, -0.2) is 0 Å². The van der Waals surface area contributed by atoms with E-state index in [2.05, 4.69) is 50.2 Å². The predicted octanol–water partition coefficient (Wildman–Crippen LogP) is 4.69. The molecule has 0 amide bonds. The molecule has 1 saturated carbocycles. The van der Waals surface area contributed by atoms with Crippen LogP contribution in [-0.2, 0) is 5.41 Å². The lowest BCUT2D eigenvalue weighted by atomic mass is 9.68. The van der Waals surface area contributed by atoms with Crippen molar-refractivity contribution in [1.82, 2.24) is 0 Å². The highest BCUT2D eigenvalue weighted by molar-refractivity contribution is 5.48. The number of hydrogen-bond acceptors (Lipinski definition) is 4. The lowest BCUT2D eigenvalue weighted by Gasteiger charge is -2.35. The Hall–Kier alpha value is -2.04. The minimum Gasteiger partial charge on any atom is -0.491 e. The highest BCUT2D eigenvalue weighted by Gasteiger charge is 2.35. The molecule has 0 atom stereocenters. The van der Waals surface area contributed by atoms with Crippen molar-refractivity contribution in [3.05, 3.63) is 58.7 Å². The van der Waals surface area contributed by atoms with Crippen LogP contribution in [-0.4, -0.2) is 36.6 Å². The monoisotopic (exact) mass is 398 g/mol. The molecule has 29 heavy (non-hydrogen) atoms. The molecule has 2 aromatic carbocycles. The van der Waals surface area contributed by atoms with Gasteiger partial charge in [0.2, 0.25) is 0 Å². The molecule has 4 nitrogen and oxygen atoms in total. The molecule has 1 aliphatic carbocycles. The van der Waals surface area contributed by atoms with E-state index in [1.807, 2.05) is 0 Å². The van der Waals surface area contributed by atoms with Gasteiger partial charge in [-0.3, -0.25) is 0 Å². The first-order chi connectivity index (χ1) is 14.1. The molecular weight excluding hydrogens is 364 g/mol. The van der Waals surface area contributed by atoms with Crippen LogP contribution < -0.4 is 9.47 Å². The maximum atomic E-state index is 9.05. The topological polar surface area (TPSA) is 58.9 Å².